The van der Waals surface area contributed by atoms with Crippen LogP contribution in [0, 0.1) is 0 Å². The normalized spacial score (nSPS) is 9.94. The molecule has 2 rings (SSSR count). The van der Waals surface area contributed by atoms with Gasteiger partial charge in [-0.1, -0.05) is 22.0 Å². The van der Waals surface area contributed by atoms with Crippen LogP contribution >= 0.6 is 15.9 Å². The third-order valence-electron chi connectivity index (χ3n) is 2.43. The quantitative estimate of drug-likeness (QED) is 0.905. The Bertz CT molecular complexity index is 546. The smallest absolute Gasteiger partial charge is 0.142 e. The first kappa shape index (κ1) is 12.7. The number of nitrogens with one attached hydrogen (secondary N) is 2. The predicted octanol–water partition coefficient (Wildman–Crippen LogP) is 3.64. The van der Waals surface area contributed by atoms with Gasteiger partial charge < -0.3 is 15.4 Å². The topological polar surface area (TPSA) is 46.2 Å². The molecule has 0 spiro atoms. The number of anilines is 3. The highest BCUT2D eigenvalue weighted by Gasteiger charge is 2.05. The van der Waals surface area contributed by atoms with Crippen molar-refractivity contribution in [2.24, 2.45) is 0 Å². The summed E-state index contributed by atoms with van der Waals surface area (Å²) < 4.78 is 6.28. The average Bonchev–Trinajstić information content (AvgIpc) is 2.39. The summed E-state index contributed by atoms with van der Waals surface area (Å²) >= 11 is 3.44. The van der Waals surface area contributed by atoms with E-state index in [-0.39, 0.29) is 0 Å². The Hall–Kier alpha value is -1.75. The summed E-state index contributed by atoms with van der Waals surface area (Å²) in [4.78, 5) is 4.40. The number of hydrogen-bond acceptors (Lipinski definition) is 4. The van der Waals surface area contributed by atoms with E-state index in [0.29, 0.717) is 0 Å². The molecule has 5 heteroatoms. The summed E-state index contributed by atoms with van der Waals surface area (Å²) in [5.74, 6) is 2.35. The van der Waals surface area contributed by atoms with Crippen molar-refractivity contribution in [2.75, 3.05) is 24.8 Å². The highest BCUT2D eigenvalue weighted by Crippen LogP contribution is 2.30. The number of ether oxygens (including phenoxy) is 1. The molecule has 0 radical (unpaired) electrons. The maximum Gasteiger partial charge on any atom is 0.142 e. The van der Waals surface area contributed by atoms with Crippen LogP contribution in [0.5, 0.6) is 5.75 Å². The van der Waals surface area contributed by atoms with Crippen molar-refractivity contribution in [3.05, 3.63) is 40.9 Å². The third-order valence-corrected chi connectivity index (χ3v) is 2.92. The molecule has 0 fully saturated rings. The van der Waals surface area contributed by atoms with Crippen LogP contribution in [0.15, 0.2) is 40.9 Å². The van der Waals surface area contributed by atoms with Crippen LogP contribution in [-0.4, -0.2) is 19.1 Å². The Morgan fingerprint density at radius 1 is 1.17 bits per heavy atom. The third kappa shape index (κ3) is 2.92. The van der Waals surface area contributed by atoms with E-state index in [1.165, 1.54) is 0 Å². The number of nitrogens with zero attached hydrogens (tertiary/aromatic N) is 1. The lowest BCUT2D eigenvalue weighted by Gasteiger charge is -2.11. The number of benzene rings is 1. The number of hydrogen-bond donors (Lipinski definition) is 2. The molecule has 18 heavy (non-hydrogen) atoms. The van der Waals surface area contributed by atoms with Crippen LogP contribution in [0.1, 0.15) is 0 Å². The number of rotatable bonds is 4. The summed E-state index contributed by atoms with van der Waals surface area (Å²) in [6.45, 7) is 0. The molecule has 94 valence electrons. The van der Waals surface area contributed by atoms with Crippen LogP contribution in [0.4, 0.5) is 17.3 Å². The largest absolute Gasteiger partial charge is 0.495 e. The van der Waals surface area contributed by atoms with Crippen molar-refractivity contribution in [3.63, 3.8) is 0 Å². The lowest BCUT2D eigenvalue weighted by molar-refractivity contribution is 0.416. The Kier molecular flexibility index (Phi) is 4.04. The van der Waals surface area contributed by atoms with Gasteiger partial charge in [0.15, 0.2) is 0 Å². The molecule has 2 aromatic rings. The minimum Gasteiger partial charge on any atom is -0.495 e. The van der Waals surface area contributed by atoms with Gasteiger partial charge in [-0.05, 0) is 30.3 Å². The van der Waals surface area contributed by atoms with Gasteiger partial charge in [-0.2, -0.15) is 0 Å². The summed E-state index contributed by atoms with van der Waals surface area (Å²) in [6.07, 6.45) is 0. The zero-order valence-electron chi connectivity index (χ0n) is 10.2. The zero-order chi connectivity index (χ0) is 13.0. The Morgan fingerprint density at radius 3 is 2.67 bits per heavy atom. The van der Waals surface area contributed by atoms with E-state index in [1.807, 2.05) is 43.4 Å². The first-order valence-electron chi connectivity index (χ1n) is 5.48. The Labute approximate surface area is 115 Å². The van der Waals surface area contributed by atoms with Crippen molar-refractivity contribution in [3.8, 4) is 5.75 Å². The van der Waals surface area contributed by atoms with Crippen molar-refractivity contribution in [2.45, 2.75) is 0 Å². The standard InChI is InChI=1S/C13H14BrN3O/c1-15-12-4-3-5-13(17-12)16-10-8-9(14)6-7-11(10)18-2/h3-8H,1-2H3,(H2,15,16,17). The lowest BCUT2D eigenvalue weighted by atomic mass is 10.3. The molecule has 2 N–H and O–H groups in total. The molecule has 0 aliphatic heterocycles. The number of methoxy groups -OCH3 is 1. The molecule has 1 aromatic carbocycles. The fraction of sp³-hybridized carbons (Fsp3) is 0.154. The van der Waals surface area contributed by atoms with Gasteiger partial charge in [0.25, 0.3) is 0 Å². The molecule has 0 atom stereocenters. The maximum atomic E-state index is 5.30. The number of pyridine rings is 1. The van der Waals surface area contributed by atoms with Gasteiger partial charge in [-0.15, -0.1) is 0 Å². The van der Waals surface area contributed by atoms with Gasteiger partial charge in [-0.3, -0.25) is 0 Å². The summed E-state index contributed by atoms with van der Waals surface area (Å²) in [5.41, 5.74) is 0.868. The van der Waals surface area contributed by atoms with Crippen molar-refractivity contribution < 1.29 is 4.74 Å². The Balaban J connectivity index is 2.29. The Morgan fingerprint density at radius 2 is 1.94 bits per heavy atom. The van der Waals surface area contributed by atoms with Crippen molar-refractivity contribution in [1.29, 1.82) is 0 Å². The van der Waals surface area contributed by atoms with Crippen LogP contribution in [0.3, 0.4) is 0 Å². The fourth-order valence-corrected chi connectivity index (χ4v) is 1.92. The van der Waals surface area contributed by atoms with E-state index >= 15 is 0 Å². The van der Waals surface area contributed by atoms with Gasteiger partial charge in [0.2, 0.25) is 0 Å². The van der Waals surface area contributed by atoms with Gasteiger partial charge >= 0.3 is 0 Å². The van der Waals surface area contributed by atoms with E-state index in [0.717, 1.165) is 27.5 Å². The zero-order valence-corrected chi connectivity index (χ0v) is 11.8. The van der Waals surface area contributed by atoms with Gasteiger partial charge in [0.1, 0.15) is 17.4 Å². The minimum absolute atomic E-state index is 0.762. The summed E-state index contributed by atoms with van der Waals surface area (Å²) in [7, 11) is 3.48. The molecule has 0 saturated heterocycles. The molecule has 0 aliphatic carbocycles. The van der Waals surface area contributed by atoms with E-state index in [2.05, 4.69) is 31.5 Å². The van der Waals surface area contributed by atoms with Gasteiger partial charge in [-0.25, -0.2) is 4.98 Å². The first-order chi connectivity index (χ1) is 8.72. The lowest BCUT2D eigenvalue weighted by Crippen LogP contribution is -1.99. The fourth-order valence-electron chi connectivity index (χ4n) is 1.56. The van der Waals surface area contributed by atoms with Gasteiger partial charge in [0, 0.05) is 11.5 Å². The highest BCUT2D eigenvalue weighted by molar-refractivity contribution is 9.10. The van der Waals surface area contributed by atoms with E-state index in [1.54, 1.807) is 7.11 Å². The van der Waals surface area contributed by atoms with Crippen LogP contribution < -0.4 is 15.4 Å². The maximum absolute atomic E-state index is 5.30. The molecule has 0 saturated carbocycles. The summed E-state index contributed by atoms with van der Waals surface area (Å²) in [6, 6.07) is 11.5. The van der Waals surface area contributed by atoms with Gasteiger partial charge in [0.05, 0.1) is 12.8 Å². The number of aromatic nitrogens is 1. The highest BCUT2D eigenvalue weighted by atomic mass is 79.9. The summed E-state index contributed by atoms with van der Waals surface area (Å²) in [5, 5.41) is 6.23. The second-order valence-electron chi connectivity index (χ2n) is 3.63. The van der Waals surface area contributed by atoms with Crippen LogP contribution in [0.2, 0.25) is 0 Å². The predicted molar refractivity (Wildman–Crippen MR) is 77.8 cm³/mol. The SMILES string of the molecule is CNc1cccc(Nc2cc(Br)ccc2OC)n1. The second kappa shape index (κ2) is 5.73. The van der Waals surface area contributed by atoms with E-state index < -0.39 is 0 Å². The second-order valence-corrected chi connectivity index (χ2v) is 4.54. The molecule has 0 unspecified atom stereocenters. The average molecular weight is 308 g/mol. The monoisotopic (exact) mass is 307 g/mol. The van der Waals surface area contributed by atoms with Crippen molar-refractivity contribution >= 4 is 33.3 Å². The molecule has 0 bridgehead atoms. The van der Waals surface area contributed by atoms with Crippen molar-refractivity contribution in [1.82, 2.24) is 4.98 Å². The number of halogens is 1. The van der Waals surface area contributed by atoms with Crippen LogP contribution in [-0.2, 0) is 0 Å². The minimum atomic E-state index is 0.762. The van der Waals surface area contributed by atoms with Crippen LogP contribution in [0.25, 0.3) is 0 Å². The molecular weight excluding hydrogens is 294 g/mol. The van der Waals surface area contributed by atoms with E-state index in [4.69, 9.17) is 4.74 Å². The van der Waals surface area contributed by atoms with E-state index in [9.17, 15) is 0 Å². The molecule has 4 nitrogen and oxygen atoms in total. The molecule has 1 heterocycles. The molecule has 0 aliphatic rings. The first-order valence-corrected chi connectivity index (χ1v) is 6.27. The molecule has 1 aromatic heterocycles. The molecular formula is C13H14BrN3O. The molecule has 0 amide bonds.